The standard InChI is InChI=1S/C14H16N2O2S/c1-8-6-11(17)4-5-12(8)13(18)16-10(3)14-15-7-9(2)19-14/h4-7,10,17H,1-3H3,(H,16,18). The van der Waals surface area contributed by atoms with Gasteiger partial charge in [0.2, 0.25) is 0 Å². The van der Waals surface area contributed by atoms with Crippen LogP contribution in [0.15, 0.2) is 24.4 Å². The fourth-order valence-corrected chi connectivity index (χ4v) is 2.59. The number of benzene rings is 1. The Morgan fingerprint density at radius 3 is 2.74 bits per heavy atom. The topological polar surface area (TPSA) is 62.2 Å². The first-order valence-corrected chi connectivity index (χ1v) is 6.82. The van der Waals surface area contributed by atoms with Crippen LogP contribution in [0.25, 0.3) is 0 Å². The predicted molar refractivity (Wildman–Crippen MR) is 75.6 cm³/mol. The van der Waals surface area contributed by atoms with Crippen LogP contribution in [-0.4, -0.2) is 16.0 Å². The Kier molecular flexibility index (Phi) is 3.85. The summed E-state index contributed by atoms with van der Waals surface area (Å²) in [5.74, 6) is 0.00972. The number of thiazole rings is 1. The maximum absolute atomic E-state index is 12.2. The fraction of sp³-hybridized carbons (Fsp3) is 0.286. The van der Waals surface area contributed by atoms with Crippen LogP contribution in [0.4, 0.5) is 0 Å². The average molecular weight is 276 g/mol. The van der Waals surface area contributed by atoms with Gasteiger partial charge in [-0.15, -0.1) is 11.3 Å². The predicted octanol–water partition coefficient (Wildman–Crippen LogP) is 2.96. The summed E-state index contributed by atoms with van der Waals surface area (Å²) < 4.78 is 0. The number of aromatic hydroxyl groups is 1. The van der Waals surface area contributed by atoms with Crippen molar-refractivity contribution in [1.29, 1.82) is 0 Å². The second-order valence-corrected chi connectivity index (χ2v) is 5.77. The molecular formula is C14H16N2O2S. The number of phenolic OH excluding ortho intramolecular Hbond substituents is 1. The Bertz CT molecular complexity index is 607. The summed E-state index contributed by atoms with van der Waals surface area (Å²) in [6.45, 7) is 5.69. The van der Waals surface area contributed by atoms with Crippen molar-refractivity contribution < 1.29 is 9.90 Å². The van der Waals surface area contributed by atoms with E-state index in [0.29, 0.717) is 5.56 Å². The molecule has 1 aromatic carbocycles. The van der Waals surface area contributed by atoms with Gasteiger partial charge in [0.05, 0.1) is 6.04 Å². The zero-order valence-corrected chi connectivity index (χ0v) is 11.9. The van der Waals surface area contributed by atoms with Crippen molar-refractivity contribution >= 4 is 17.2 Å². The molecule has 0 spiro atoms. The van der Waals surface area contributed by atoms with E-state index in [-0.39, 0.29) is 17.7 Å². The van der Waals surface area contributed by atoms with Gasteiger partial charge in [0.25, 0.3) is 5.91 Å². The van der Waals surface area contributed by atoms with Gasteiger partial charge in [-0.3, -0.25) is 4.79 Å². The second kappa shape index (κ2) is 5.40. The normalized spacial score (nSPS) is 12.2. The molecule has 1 unspecified atom stereocenters. The summed E-state index contributed by atoms with van der Waals surface area (Å²) in [5.41, 5.74) is 1.32. The van der Waals surface area contributed by atoms with Gasteiger partial charge in [-0.2, -0.15) is 0 Å². The molecular weight excluding hydrogens is 260 g/mol. The van der Waals surface area contributed by atoms with Crippen molar-refractivity contribution in [3.63, 3.8) is 0 Å². The minimum absolute atomic E-state index is 0.126. The molecule has 0 saturated carbocycles. The third-order valence-electron chi connectivity index (χ3n) is 2.81. The Labute approximate surface area is 116 Å². The molecule has 4 nitrogen and oxygen atoms in total. The highest BCUT2D eigenvalue weighted by molar-refractivity contribution is 7.11. The lowest BCUT2D eigenvalue weighted by Gasteiger charge is -2.12. The van der Waals surface area contributed by atoms with Crippen LogP contribution in [0.5, 0.6) is 5.75 Å². The SMILES string of the molecule is Cc1cnc(C(C)NC(=O)c2ccc(O)cc2C)s1. The number of carbonyl (C=O) groups is 1. The summed E-state index contributed by atoms with van der Waals surface area (Å²) in [5, 5.41) is 13.1. The molecule has 1 atom stereocenters. The number of nitrogens with one attached hydrogen (secondary N) is 1. The number of aryl methyl sites for hydroxylation is 2. The molecule has 0 aliphatic rings. The number of carbonyl (C=O) groups excluding carboxylic acids is 1. The fourth-order valence-electron chi connectivity index (χ4n) is 1.81. The molecule has 2 N–H and O–H groups in total. The van der Waals surface area contributed by atoms with Crippen LogP contribution in [0, 0.1) is 13.8 Å². The zero-order valence-electron chi connectivity index (χ0n) is 11.1. The van der Waals surface area contributed by atoms with Gasteiger partial charge in [-0.1, -0.05) is 0 Å². The van der Waals surface area contributed by atoms with Gasteiger partial charge in [-0.25, -0.2) is 4.98 Å². The number of aromatic nitrogens is 1. The first-order valence-electron chi connectivity index (χ1n) is 6.00. The lowest BCUT2D eigenvalue weighted by atomic mass is 10.1. The van der Waals surface area contributed by atoms with Crippen LogP contribution in [0.2, 0.25) is 0 Å². The number of rotatable bonds is 3. The molecule has 19 heavy (non-hydrogen) atoms. The van der Waals surface area contributed by atoms with Gasteiger partial charge >= 0.3 is 0 Å². The summed E-state index contributed by atoms with van der Waals surface area (Å²) in [6, 6.07) is 4.59. The number of phenols is 1. The average Bonchev–Trinajstić information content (AvgIpc) is 2.75. The van der Waals surface area contributed by atoms with Crippen LogP contribution in [0.1, 0.15) is 38.8 Å². The first-order chi connectivity index (χ1) is 8.97. The second-order valence-electron chi connectivity index (χ2n) is 4.50. The number of hydrogen-bond acceptors (Lipinski definition) is 4. The van der Waals surface area contributed by atoms with E-state index in [0.717, 1.165) is 15.4 Å². The van der Waals surface area contributed by atoms with Crippen LogP contribution in [0.3, 0.4) is 0 Å². The number of hydrogen-bond donors (Lipinski definition) is 2. The molecule has 0 saturated heterocycles. The molecule has 2 aromatic rings. The van der Waals surface area contributed by atoms with E-state index in [1.807, 2.05) is 13.8 Å². The summed E-state index contributed by atoms with van der Waals surface area (Å²) in [6.07, 6.45) is 1.80. The summed E-state index contributed by atoms with van der Waals surface area (Å²) >= 11 is 1.57. The minimum atomic E-state index is -0.155. The van der Waals surface area contributed by atoms with E-state index < -0.39 is 0 Å². The molecule has 0 aliphatic heterocycles. The maximum Gasteiger partial charge on any atom is 0.252 e. The van der Waals surface area contributed by atoms with Crippen molar-refractivity contribution in [3.8, 4) is 5.75 Å². The van der Waals surface area contributed by atoms with E-state index >= 15 is 0 Å². The van der Waals surface area contributed by atoms with Gasteiger partial charge < -0.3 is 10.4 Å². The Morgan fingerprint density at radius 1 is 1.42 bits per heavy atom. The Morgan fingerprint density at radius 2 is 2.16 bits per heavy atom. The highest BCUT2D eigenvalue weighted by Gasteiger charge is 2.15. The van der Waals surface area contributed by atoms with Gasteiger partial charge in [-0.05, 0) is 44.5 Å². The van der Waals surface area contributed by atoms with Gasteiger partial charge in [0, 0.05) is 16.6 Å². The van der Waals surface area contributed by atoms with Crippen molar-refractivity contribution in [2.45, 2.75) is 26.8 Å². The summed E-state index contributed by atoms with van der Waals surface area (Å²) in [7, 11) is 0. The molecule has 0 aliphatic carbocycles. The molecule has 1 heterocycles. The van der Waals surface area contributed by atoms with Crippen molar-refractivity contribution in [1.82, 2.24) is 10.3 Å². The van der Waals surface area contributed by atoms with Crippen LogP contribution >= 0.6 is 11.3 Å². The van der Waals surface area contributed by atoms with E-state index in [1.54, 1.807) is 36.6 Å². The summed E-state index contributed by atoms with van der Waals surface area (Å²) in [4.78, 5) is 17.5. The highest BCUT2D eigenvalue weighted by atomic mass is 32.1. The van der Waals surface area contributed by atoms with E-state index in [2.05, 4.69) is 10.3 Å². The van der Waals surface area contributed by atoms with E-state index in [1.165, 1.54) is 6.07 Å². The van der Waals surface area contributed by atoms with Crippen LogP contribution < -0.4 is 5.32 Å². The van der Waals surface area contributed by atoms with Gasteiger partial charge in [0.1, 0.15) is 10.8 Å². The third kappa shape index (κ3) is 3.12. The molecule has 100 valence electrons. The minimum Gasteiger partial charge on any atom is -0.508 e. The van der Waals surface area contributed by atoms with E-state index in [9.17, 15) is 9.90 Å². The first kappa shape index (κ1) is 13.5. The highest BCUT2D eigenvalue weighted by Crippen LogP contribution is 2.20. The van der Waals surface area contributed by atoms with Gasteiger partial charge in [0.15, 0.2) is 0 Å². The maximum atomic E-state index is 12.2. The molecule has 1 amide bonds. The molecule has 0 radical (unpaired) electrons. The lowest BCUT2D eigenvalue weighted by Crippen LogP contribution is -2.27. The lowest BCUT2D eigenvalue weighted by molar-refractivity contribution is 0.0939. The largest absolute Gasteiger partial charge is 0.508 e. The Balaban J connectivity index is 2.12. The Hall–Kier alpha value is -1.88. The molecule has 0 bridgehead atoms. The third-order valence-corrected chi connectivity index (χ3v) is 3.91. The van der Waals surface area contributed by atoms with E-state index in [4.69, 9.17) is 0 Å². The monoisotopic (exact) mass is 276 g/mol. The molecule has 5 heteroatoms. The molecule has 0 fully saturated rings. The zero-order chi connectivity index (χ0) is 14.0. The van der Waals surface area contributed by atoms with Crippen molar-refractivity contribution in [2.24, 2.45) is 0 Å². The molecule has 2 rings (SSSR count). The number of amides is 1. The van der Waals surface area contributed by atoms with Crippen LogP contribution in [-0.2, 0) is 0 Å². The van der Waals surface area contributed by atoms with Crippen molar-refractivity contribution in [2.75, 3.05) is 0 Å². The number of nitrogens with zero attached hydrogens (tertiary/aromatic N) is 1. The quantitative estimate of drug-likeness (QED) is 0.906. The van der Waals surface area contributed by atoms with Crippen molar-refractivity contribution in [3.05, 3.63) is 45.4 Å². The molecule has 1 aromatic heterocycles. The smallest absolute Gasteiger partial charge is 0.252 e.